The minimum atomic E-state index is -0.159. The summed E-state index contributed by atoms with van der Waals surface area (Å²) in [6.07, 6.45) is 3.42. The summed E-state index contributed by atoms with van der Waals surface area (Å²) in [5.74, 6) is 0.169. The Hall–Kier alpha value is -1.33. The number of hydrogen-bond acceptors (Lipinski definition) is 3. The predicted molar refractivity (Wildman–Crippen MR) is 74.2 cm³/mol. The van der Waals surface area contributed by atoms with Crippen LogP contribution in [0, 0.1) is 5.92 Å². The van der Waals surface area contributed by atoms with Crippen LogP contribution in [0.4, 0.5) is 10.5 Å². The van der Waals surface area contributed by atoms with Crippen LogP contribution in [0.3, 0.4) is 0 Å². The van der Waals surface area contributed by atoms with Gasteiger partial charge in [-0.2, -0.15) is 0 Å². The Morgan fingerprint density at radius 3 is 3.11 bits per heavy atom. The molecule has 19 heavy (non-hydrogen) atoms. The largest absolute Gasteiger partial charge is 0.396 e. The van der Waals surface area contributed by atoms with E-state index in [4.69, 9.17) is 11.6 Å². The number of amides is 2. The van der Waals surface area contributed by atoms with E-state index in [1.165, 1.54) is 0 Å². The molecule has 2 atom stereocenters. The van der Waals surface area contributed by atoms with E-state index >= 15 is 0 Å². The summed E-state index contributed by atoms with van der Waals surface area (Å²) in [4.78, 5) is 17.9. The van der Waals surface area contributed by atoms with Gasteiger partial charge in [-0.25, -0.2) is 9.78 Å². The lowest BCUT2D eigenvalue weighted by atomic mass is 9.94. The molecule has 1 aliphatic rings. The molecule has 1 saturated heterocycles. The number of anilines is 1. The van der Waals surface area contributed by atoms with Gasteiger partial charge < -0.3 is 15.3 Å². The number of aliphatic hydroxyl groups is 1. The number of halogens is 1. The zero-order valence-electron chi connectivity index (χ0n) is 10.8. The fraction of sp³-hybridized carbons (Fsp3) is 0.538. The summed E-state index contributed by atoms with van der Waals surface area (Å²) in [7, 11) is 0. The second-order valence-corrected chi connectivity index (χ2v) is 5.31. The van der Waals surface area contributed by atoms with Gasteiger partial charge in [-0.1, -0.05) is 11.6 Å². The first-order valence-corrected chi connectivity index (χ1v) is 6.78. The first-order valence-electron chi connectivity index (χ1n) is 6.40. The lowest BCUT2D eigenvalue weighted by molar-refractivity contribution is 0.107. The monoisotopic (exact) mass is 283 g/mol. The Bertz CT molecular complexity index is 455. The van der Waals surface area contributed by atoms with Crippen molar-refractivity contribution in [1.82, 2.24) is 9.88 Å². The zero-order valence-corrected chi connectivity index (χ0v) is 11.6. The minimum absolute atomic E-state index is 0.123. The molecule has 0 spiro atoms. The maximum absolute atomic E-state index is 12.2. The highest BCUT2D eigenvalue weighted by Crippen LogP contribution is 2.22. The molecule has 0 radical (unpaired) electrons. The van der Waals surface area contributed by atoms with Gasteiger partial charge in [-0.05, 0) is 37.8 Å². The van der Waals surface area contributed by atoms with E-state index in [-0.39, 0.29) is 24.6 Å². The van der Waals surface area contributed by atoms with Crippen LogP contribution >= 0.6 is 11.6 Å². The molecule has 0 bridgehead atoms. The lowest BCUT2D eigenvalue weighted by Gasteiger charge is -2.37. The number of hydrogen-bond donors (Lipinski definition) is 2. The van der Waals surface area contributed by atoms with Crippen molar-refractivity contribution >= 4 is 23.3 Å². The molecule has 2 N–H and O–H groups in total. The molecule has 0 saturated carbocycles. The maximum atomic E-state index is 12.2. The van der Waals surface area contributed by atoms with Crippen LogP contribution in [0.25, 0.3) is 0 Å². The Kier molecular flexibility index (Phi) is 4.61. The number of nitrogens with one attached hydrogen (secondary N) is 1. The van der Waals surface area contributed by atoms with Gasteiger partial charge in [0.25, 0.3) is 0 Å². The molecular formula is C13H18ClN3O2. The summed E-state index contributed by atoms with van der Waals surface area (Å²) in [6.45, 7) is 2.73. The predicted octanol–water partition coefficient (Wildman–Crippen LogP) is 2.36. The lowest BCUT2D eigenvalue weighted by Crippen LogP contribution is -2.48. The highest BCUT2D eigenvalue weighted by atomic mass is 35.5. The van der Waals surface area contributed by atoms with Gasteiger partial charge in [0.05, 0.1) is 0 Å². The summed E-state index contributed by atoms with van der Waals surface area (Å²) >= 11 is 5.78. The average molecular weight is 284 g/mol. The van der Waals surface area contributed by atoms with Crippen molar-refractivity contribution in [2.45, 2.75) is 25.8 Å². The molecule has 2 amide bonds. The van der Waals surface area contributed by atoms with E-state index in [2.05, 4.69) is 10.3 Å². The molecule has 2 heterocycles. The summed E-state index contributed by atoms with van der Waals surface area (Å²) in [6, 6.07) is 3.33. The standard InChI is InChI=1S/C13H18ClN3O2/c1-9-2-3-10(8-18)7-17(9)13(19)16-11-4-5-15-12(14)6-11/h4-6,9-10,18H,2-3,7-8H2,1H3,(H,15,16,19). The third-order valence-corrected chi connectivity index (χ3v) is 3.68. The molecule has 0 aliphatic carbocycles. The minimum Gasteiger partial charge on any atom is -0.396 e. The van der Waals surface area contributed by atoms with Crippen molar-refractivity contribution in [3.05, 3.63) is 23.5 Å². The van der Waals surface area contributed by atoms with Crippen molar-refractivity contribution in [2.75, 3.05) is 18.5 Å². The number of rotatable bonds is 2. The second kappa shape index (κ2) is 6.21. The first-order chi connectivity index (χ1) is 9.10. The van der Waals surface area contributed by atoms with Crippen LogP contribution in [0.15, 0.2) is 18.3 Å². The molecule has 0 aromatic carbocycles. The van der Waals surface area contributed by atoms with Crippen LogP contribution < -0.4 is 5.32 Å². The van der Waals surface area contributed by atoms with Gasteiger partial charge in [0.2, 0.25) is 0 Å². The van der Waals surface area contributed by atoms with Crippen molar-refractivity contribution in [3.8, 4) is 0 Å². The van der Waals surface area contributed by atoms with Gasteiger partial charge in [-0.15, -0.1) is 0 Å². The number of likely N-dealkylation sites (tertiary alicyclic amines) is 1. The van der Waals surface area contributed by atoms with Crippen molar-refractivity contribution in [1.29, 1.82) is 0 Å². The van der Waals surface area contributed by atoms with Gasteiger partial charge in [0, 0.05) is 31.1 Å². The maximum Gasteiger partial charge on any atom is 0.322 e. The molecule has 1 aliphatic heterocycles. The van der Waals surface area contributed by atoms with Crippen molar-refractivity contribution in [3.63, 3.8) is 0 Å². The number of aliphatic hydroxyl groups excluding tert-OH is 1. The Labute approximate surface area is 117 Å². The third-order valence-electron chi connectivity index (χ3n) is 3.48. The Balaban J connectivity index is 2.02. The SMILES string of the molecule is CC1CCC(CO)CN1C(=O)Nc1ccnc(Cl)c1. The van der Waals surface area contributed by atoms with E-state index in [0.29, 0.717) is 17.4 Å². The van der Waals surface area contributed by atoms with Crippen molar-refractivity contribution in [2.24, 2.45) is 5.92 Å². The molecule has 1 aromatic heterocycles. The Morgan fingerprint density at radius 2 is 2.42 bits per heavy atom. The van der Waals surface area contributed by atoms with E-state index < -0.39 is 0 Å². The van der Waals surface area contributed by atoms with Gasteiger partial charge in [0.15, 0.2) is 0 Å². The van der Waals surface area contributed by atoms with E-state index in [0.717, 1.165) is 12.8 Å². The summed E-state index contributed by atoms with van der Waals surface area (Å²) in [5, 5.41) is 12.4. The summed E-state index contributed by atoms with van der Waals surface area (Å²) < 4.78 is 0. The smallest absolute Gasteiger partial charge is 0.322 e. The number of nitrogens with zero attached hydrogens (tertiary/aromatic N) is 2. The normalized spacial score (nSPS) is 23.2. The number of aromatic nitrogens is 1. The molecule has 1 aromatic rings. The third kappa shape index (κ3) is 3.58. The Morgan fingerprint density at radius 1 is 1.63 bits per heavy atom. The second-order valence-electron chi connectivity index (χ2n) is 4.92. The molecule has 6 heteroatoms. The molecule has 1 fully saturated rings. The van der Waals surface area contributed by atoms with Crippen LogP contribution in [0.1, 0.15) is 19.8 Å². The fourth-order valence-corrected chi connectivity index (χ4v) is 2.46. The van der Waals surface area contributed by atoms with Gasteiger partial charge in [0.1, 0.15) is 5.15 Å². The van der Waals surface area contributed by atoms with Crippen LogP contribution in [-0.2, 0) is 0 Å². The number of piperidine rings is 1. The van der Waals surface area contributed by atoms with E-state index in [9.17, 15) is 9.90 Å². The molecule has 2 rings (SSSR count). The van der Waals surface area contributed by atoms with E-state index in [1.807, 2.05) is 6.92 Å². The van der Waals surface area contributed by atoms with E-state index in [1.54, 1.807) is 23.2 Å². The highest BCUT2D eigenvalue weighted by Gasteiger charge is 2.28. The van der Waals surface area contributed by atoms with Crippen LogP contribution in [-0.4, -0.2) is 40.2 Å². The number of carbonyl (C=O) groups excluding carboxylic acids is 1. The molecule has 2 unspecified atom stereocenters. The fourth-order valence-electron chi connectivity index (χ4n) is 2.29. The molecule has 5 nitrogen and oxygen atoms in total. The van der Waals surface area contributed by atoms with Crippen LogP contribution in [0.5, 0.6) is 0 Å². The highest BCUT2D eigenvalue weighted by molar-refractivity contribution is 6.29. The van der Waals surface area contributed by atoms with Gasteiger partial charge in [-0.3, -0.25) is 0 Å². The van der Waals surface area contributed by atoms with Crippen LogP contribution in [0.2, 0.25) is 5.15 Å². The summed E-state index contributed by atoms with van der Waals surface area (Å²) in [5.41, 5.74) is 0.628. The topological polar surface area (TPSA) is 65.5 Å². The first kappa shape index (κ1) is 14.1. The number of carbonyl (C=O) groups is 1. The average Bonchev–Trinajstić information content (AvgIpc) is 2.39. The molecule has 104 valence electrons. The quantitative estimate of drug-likeness (QED) is 0.819. The molecular weight excluding hydrogens is 266 g/mol. The number of pyridine rings is 1. The van der Waals surface area contributed by atoms with Gasteiger partial charge >= 0.3 is 6.03 Å². The zero-order chi connectivity index (χ0) is 13.8. The number of urea groups is 1. The van der Waals surface area contributed by atoms with Crippen molar-refractivity contribution < 1.29 is 9.90 Å².